The molecular weight excluding hydrogens is 438 g/mol. The van der Waals surface area contributed by atoms with E-state index in [1.54, 1.807) is 12.1 Å². The third kappa shape index (κ3) is 8.34. The van der Waals surface area contributed by atoms with Crippen LogP contribution in [0.5, 0.6) is 0 Å². The summed E-state index contributed by atoms with van der Waals surface area (Å²) in [6.45, 7) is 7.60. The van der Waals surface area contributed by atoms with Crippen LogP contribution in [0.25, 0.3) is 0 Å². The summed E-state index contributed by atoms with van der Waals surface area (Å²) in [5.41, 5.74) is 0.972. The molecule has 0 radical (unpaired) electrons. The Bertz CT molecular complexity index is 781. The van der Waals surface area contributed by atoms with Gasteiger partial charge in [-0.2, -0.15) is 5.06 Å². The molecule has 8 nitrogen and oxygen atoms in total. The van der Waals surface area contributed by atoms with E-state index in [-0.39, 0.29) is 36.8 Å². The number of hydrogen-bond acceptors (Lipinski definition) is 8. The summed E-state index contributed by atoms with van der Waals surface area (Å²) in [5, 5.41) is 2.05. The van der Waals surface area contributed by atoms with Crippen LogP contribution < -0.4 is 0 Å². The Morgan fingerprint density at radius 2 is 1.71 bits per heavy atom. The Morgan fingerprint density at radius 3 is 2.35 bits per heavy atom. The SMILES string of the molecule is COC(=O)C1CCC(ON2CCCC2COCOCc2ccc(C(=O)OC(C)(C)C)cc2)CC1. The molecule has 2 fully saturated rings. The van der Waals surface area contributed by atoms with Crippen molar-refractivity contribution in [3.63, 3.8) is 0 Å². The maximum absolute atomic E-state index is 12.1. The Hall–Kier alpha value is -2.00. The molecule has 1 aliphatic carbocycles. The van der Waals surface area contributed by atoms with Gasteiger partial charge in [0.2, 0.25) is 0 Å². The molecule has 1 unspecified atom stereocenters. The van der Waals surface area contributed by atoms with Crippen LogP contribution in [0.4, 0.5) is 0 Å². The highest BCUT2D eigenvalue weighted by molar-refractivity contribution is 5.89. The molecular formula is C26H39NO7. The lowest BCUT2D eigenvalue weighted by atomic mass is 9.87. The van der Waals surface area contributed by atoms with Crippen molar-refractivity contribution in [3.8, 4) is 0 Å². The zero-order valence-corrected chi connectivity index (χ0v) is 20.9. The van der Waals surface area contributed by atoms with Crippen molar-refractivity contribution in [1.82, 2.24) is 5.06 Å². The van der Waals surface area contributed by atoms with E-state index in [0.717, 1.165) is 50.6 Å². The maximum atomic E-state index is 12.1. The van der Waals surface area contributed by atoms with Crippen molar-refractivity contribution >= 4 is 11.9 Å². The second-order valence-electron chi connectivity index (χ2n) is 10.1. The van der Waals surface area contributed by atoms with Gasteiger partial charge in [0, 0.05) is 6.54 Å². The van der Waals surface area contributed by atoms with Crippen LogP contribution in [0.15, 0.2) is 24.3 Å². The van der Waals surface area contributed by atoms with Gasteiger partial charge in [-0.15, -0.1) is 0 Å². The van der Waals surface area contributed by atoms with Crippen LogP contribution in [-0.4, -0.2) is 61.8 Å². The molecule has 2 aliphatic rings. The molecule has 1 heterocycles. The zero-order chi connectivity index (χ0) is 24.6. The smallest absolute Gasteiger partial charge is 0.338 e. The van der Waals surface area contributed by atoms with Crippen LogP contribution >= 0.6 is 0 Å². The second-order valence-corrected chi connectivity index (χ2v) is 10.1. The third-order valence-corrected chi connectivity index (χ3v) is 6.15. The first kappa shape index (κ1) is 26.6. The number of ether oxygens (including phenoxy) is 4. The molecule has 0 aromatic heterocycles. The highest BCUT2D eigenvalue weighted by Gasteiger charge is 2.32. The first-order valence-corrected chi connectivity index (χ1v) is 12.2. The highest BCUT2D eigenvalue weighted by atomic mass is 16.7. The van der Waals surface area contributed by atoms with Crippen LogP contribution in [0.3, 0.4) is 0 Å². The van der Waals surface area contributed by atoms with Gasteiger partial charge in [0.25, 0.3) is 0 Å². The first-order valence-electron chi connectivity index (χ1n) is 12.2. The summed E-state index contributed by atoms with van der Waals surface area (Å²) < 4.78 is 21.6. The summed E-state index contributed by atoms with van der Waals surface area (Å²) in [6, 6.07) is 7.44. The first-order chi connectivity index (χ1) is 16.2. The molecule has 0 spiro atoms. The van der Waals surface area contributed by atoms with Crippen LogP contribution in [0.1, 0.15) is 75.2 Å². The summed E-state index contributed by atoms with van der Waals surface area (Å²) >= 11 is 0. The van der Waals surface area contributed by atoms with Gasteiger partial charge in [-0.25, -0.2) is 4.79 Å². The van der Waals surface area contributed by atoms with Crippen molar-refractivity contribution in [1.29, 1.82) is 0 Å². The monoisotopic (exact) mass is 477 g/mol. The minimum absolute atomic E-state index is 0.00761. The van der Waals surface area contributed by atoms with Gasteiger partial charge in [0.05, 0.1) is 44.0 Å². The fourth-order valence-corrected chi connectivity index (χ4v) is 4.35. The van der Waals surface area contributed by atoms with E-state index in [0.29, 0.717) is 18.8 Å². The largest absolute Gasteiger partial charge is 0.469 e. The summed E-state index contributed by atoms with van der Waals surface area (Å²) in [6.07, 6.45) is 5.65. The molecule has 3 rings (SSSR count). The summed E-state index contributed by atoms with van der Waals surface area (Å²) in [5.74, 6) is -0.429. The number of carbonyl (C=O) groups excluding carboxylic acids is 2. The molecule has 1 saturated carbocycles. The number of hydrogen-bond donors (Lipinski definition) is 0. The molecule has 0 bridgehead atoms. The number of nitrogens with zero attached hydrogens (tertiary/aromatic N) is 1. The minimum atomic E-state index is -0.514. The Balaban J connectivity index is 1.32. The van der Waals surface area contributed by atoms with E-state index in [2.05, 4.69) is 5.06 Å². The van der Waals surface area contributed by atoms with Crippen molar-refractivity contribution < 1.29 is 33.4 Å². The van der Waals surface area contributed by atoms with E-state index in [1.807, 2.05) is 32.9 Å². The Morgan fingerprint density at radius 1 is 1.00 bits per heavy atom. The molecule has 0 amide bonds. The normalized spacial score (nSPS) is 23.6. The molecule has 1 aromatic rings. The van der Waals surface area contributed by atoms with Gasteiger partial charge in [0.15, 0.2) is 0 Å². The fourth-order valence-electron chi connectivity index (χ4n) is 4.35. The quantitative estimate of drug-likeness (QED) is 0.281. The van der Waals surface area contributed by atoms with Crippen molar-refractivity contribution in [2.75, 3.05) is 27.1 Å². The molecule has 190 valence electrons. The van der Waals surface area contributed by atoms with Crippen LogP contribution in [-0.2, 0) is 35.2 Å². The molecule has 1 aromatic carbocycles. The molecule has 0 N–H and O–H groups in total. The average molecular weight is 478 g/mol. The summed E-state index contributed by atoms with van der Waals surface area (Å²) in [7, 11) is 1.45. The minimum Gasteiger partial charge on any atom is -0.469 e. The van der Waals surface area contributed by atoms with Crippen molar-refractivity contribution in [2.45, 2.75) is 83.6 Å². The van der Waals surface area contributed by atoms with E-state index in [1.165, 1.54) is 7.11 Å². The lowest BCUT2D eigenvalue weighted by Crippen LogP contribution is -2.38. The predicted molar refractivity (Wildman–Crippen MR) is 126 cm³/mol. The number of benzene rings is 1. The van der Waals surface area contributed by atoms with E-state index < -0.39 is 5.60 Å². The Kier molecular flexibility index (Phi) is 9.88. The van der Waals surface area contributed by atoms with Crippen molar-refractivity contribution in [2.24, 2.45) is 5.92 Å². The molecule has 1 aliphatic heterocycles. The average Bonchev–Trinajstić information content (AvgIpc) is 3.25. The molecule has 1 saturated heterocycles. The third-order valence-electron chi connectivity index (χ3n) is 6.15. The topological polar surface area (TPSA) is 83.5 Å². The number of hydroxylamine groups is 2. The lowest BCUT2D eigenvalue weighted by Gasteiger charge is -2.32. The van der Waals surface area contributed by atoms with Gasteiger partial charge in [-0.1, -0.05) is 12.1 Å². The van der Waals surface area contributed by atoms with E-state index in [4.69, 9.17) is 23.8 Å². The number of rotatable bonds is 10. The Labute approximate surface area is 202 Å². The van der Waals surface area contributed by atoms with Gasteiger partial charge < -0.3 is 18.9 Å². The van der Waals surface area contributed by atoms with Crippen molar-refractivity contribution in [3.05, 3.63) is 35.4 Å². The van der Waals surface area contributed by atoms with E-state index >= 15 is 0 Å². The standard InChI is InChI=1S/C26H39NO7/c1-26(2,3)33-25(29)21-9-7-19(8-10-21)16-31-18-32-17-22-6-5-15-27(22)34-23-13-11-20(12-14-23)24(28)30-4/h7-10,20,22-23H,5-6,11-18H2,1-4H3. The lowest BCUT2D eigenvalue weighted by molar-refractivity contribution is -0.225. The highest BCUT2D eigenvalue weighted by Crippen LogP contribution is 2.29. The molecule has 34 heavy (non-hydrogen) atoms. The predicted octanol–water partition coefficient (Wildman–Crippen LogP) is 4.26. The number of carbonyl (C=O) groups is 2. The molecule has 1 atom stereocenters. The maximum Gasteiger partial charge on any atom is 0.338 e. The van der Waals surface area contributed by atoms with Gasteiger partial charge in [-0.05, 0) is 77.0 Å². The fraction of sp³-hybridized carbons (Fsp3) is 0.692. The van der Waals surface area contributed by atoms with Crippen LogP contribution in [0, 0.1) is 5.92 Å². The second kappa shape index (κ2) is 12.6. The van der Waals surface area contributed by atoms with Gasteiger partial charge in [0.1, 0.15) is 12.4 Å². The van der Waals surface area contributed by atoms with Gasteiger partial charge >= 0.3 is 11.9 Å². The zero-order valence-electron chi connectivity index (χ0n) is 20.9. The van der Waals surface area contributed by atoms with E-state index in [9.17, 15) is 9.59 Å². The summed E-state index contributed by atoms with van der Waals surface area (Å²) in [4.78, 5) is 30.0. The van der Waals surface area contributed by atoms with Gasteiger partial charge in [-0.3, -0.25) is 9.63 Å². The molecule has 8 heteroatoms. The number of esters is 2. The number of methoxy groups -OCH3 is 1. The van der Waals surface area contributed by atoms with Crippen LogP contribution in [0.2, 0.25) is 0 Å².